The predicted octanol–water partition coefficient (Wildman–Crippen LogP) is 0.160. The van der Waals surface area contributed by atoms with Crippen molar-refractivity contribution < 1.29 is 26.3 Å². The number of para-hydroxylation sites is 1. The number of nitrogens with zero attached hydrogens (tertiary/aromatic N) is 2. The minimum atomic E-state index is 0. The van der Waals surface area contributed by atoms with Gasteiger partial charge in [0.15, 0.2) is 0 Å². The van der Waals surface area contributed by atoms with E-state index in [1.165, 1.54) is 22.3 Å². The first-order valence-corrected chi connectivity index (χ1v) is 7.64. The van der Waals surface area contributed by atoms with Crippen molar-refractivity contribution in [1.82, 2.24) is 0 Å². The minimum Gasteiger partial charge on any atom is -1.00 e. The lowest BCUT2D eigenvalue weighted by molar-refractivity contribution is -0.644. The van der Waals surface area contributed by atoms with Gasteiger partial charge in [0.05, 0.1) is 7.11 Å². The van der Waals surface area contributed by atoms with Crippen LogP contribution in [0.15, 0.2) is 60.7 Å². The lowest BCUT2D eigenvalue weighted by Gasteiger charge is -2.11. The van der Waals surface area contributed by atoms with Crippen LogP contribution >= 0.6 is 0 Å². The zero-order valence-electron chi connectivity index (χ0n) is 13.1. The molecule has 0 fully saturated rings. The van der Waals surface area contributed by atoms with Crippen molar-refractivity contribution in [3.05, 3.63) is 66.2 Å². The number of halogens is 1. The zero-order chi connectivity index (χ0) is 14.9. The highest BCUT2D eigenvalue weighted by molar-refractivity contribution is 5.76. The molecule has 0 aliphatic carbocycles. The Morgan fingerprint density at radius 2 is 1.78 bits per heavy atom. The van der Waals surface area contributed by atoms with Gasteiger partial charge in [-0.05, 0) is 29.8 Å². The van der Waals surface area contributed by atoms with E-state index in [4.69, 9.17) is 4.74 Å². The molecule has 1 aliphatic heterocycles. The summed E-state index contributed by atoms with van der Waals surface area (Å²) in [5, 5.41) is 1.30. The van der Waals surface area contributed by atoms with E-state index in [9.17, 15) is 0 Å². The molecule has 0 amide bonds. The third-order valence-electron chi connectivity index (χ3n) is 4.37. The Bertz CT molecular complexity index is 817. The molecule has 0 atom stereocenters. The van der Waals surface area contributed by atoms with Crippen LogP contribution in [0, 0.1) is 0 Å². The molecule has 2 heterocycles. The van der Waals surface area contributed by atoms with E-state index in [-0.39, 0.29) is 17.0 Å². The van der Waals surface area contributed by atoms with E-state index in [2.05, 4.69) is 58.0 Å². The van der Waals surface area contributed by atoms with E-state index in [0.29, 0.717) is 0 Å². The molecule has 0 N–H and O–H groups in total. The molecule has 118 valence electrons. The van der Waals surface area contributed by atoms with Crippen LogP contribution in [0.25, 0.3) is 10.9 Å². The van der Waals surface area contributed by atoms with Gasteiger partial charge in [-0.25, -0.2) is 4.57 Å². The van der Waals surface area contributed by atoms with Crippen LogP contribution in [0.3, 0.4) is 0 Å². The maximum absolute atomic E-state index is 5.23. The fraction of sp³-hybridized carbons (Fsp3) is 0.211. The molecule has 2 aromatic carbocycles. The predicted molar refractivity (Wildman–Crippen MR) is 88.2 cm³/mol. The molecular weight excluding hydrogens is 352 g/mol. The third-order valence-corrected chi connectivity index (χ3v) is 4.37. The van der Waals surface area contributed by atoms with Crippen LogP contribution < -0.4 is 31.2 Å². The molecule has 23 heavy (non-hydrogen) atoms. The van der Waals surface area contributed by atoms with Crippen LogP contribution in [0.2, 0.25) is 0 Å². The Morgan fingerprint density at radius 1 is 1.00 bits per heavy atom. The second-order valence-corrected chi connectivity index (χ2v) is 5.67. The van der Waals surface area contributed by atoms with Crippen molar-refractivity contribution in [2.75, 3.05) is 18.6 Å². The lowest BCUT2D eigenvalue weighted by Crippen LogP contribution is -3.00. The lowest BCUT2D eigenvalue weighted by atomic mass is 10.2. The first kappa shape index (κ1) is 15.8. The molecule has 0 saturated carbocycles. The average molecular weight is 371 g/mol. The number of hydrogen-bond acceptors (Lipinski definition) is 2. The van der Waals surface area contributed by atoms with Crippen molar-refractivity contribution in [3.8, 4) is 5.75 Å². The number of ether oxygens (including phenoxy) is 1. The number of methoxy groups -OCH3 is 1. The van der Waals surface area contributed by atoms with Gasteiger partial charge in [-0.3, -0.25) is 4.90 Å². The Balaban J connectivity index is 0.00000156. The molecule has 3 aromatic rings. The summed E-state index contributed by atoms with van der Waals surface area (Å²) in [5.74, 6) is 2.21. The number of anilines is 1. The Hall–Kier alpha value is -2.07. The summed E-state index contributed by atoms with van der Waals surface area (Å²) in [7, 11) is 1.70. The summed E-state index contributed by atoms with van der Waals surface area (Å²) in [5.41, 5.74) is 2.62. The first-order valence-electron chi connectivity index (χ1n) is 7.64. The number of hydrogen-bond donors (Lipinski definition) is 0. The molecule has 3 nitrogen and oxygen atoms in total. The summed E-state index contributed by atoms with van der Waals surface area (Å²) in [6, 6.07) is 21.4. The Kier molecular flexibility index (Phi) is 4.53. The van der Waals surface area contributed by atoms with Gasteiger partial charge in [-0.2, -0.15) is 0 Å². The van der Waals surface area contributed by atoms with Gasteiger partial charge in [0.25, 0.3) is 5.82 Å². The Morgan fingerprint density at radius 3 is 2.57 bits per heavy atom. The maximum Gasteiger partial charge on any atom is 0.277 e. The summed E-state index contributed by atoms with van der Waals surface area (Å²) >= 11 is 0. The zero-order valence-corrected chi connectivity index (χ0v) is 14.7. The van der Waals surface area contributed by atoms with E-state index in [1.54, 1.807) is 7.11 Å². The fourth-order valence-electron chi connectivity index (χ4n) is 3.21. The molecule has 0 spiro atoms. The molecule has 4 heteroatoms. The van der Waals surface area contributed by atoms with Crippen LogP contribution in [0.5, 0.6) is 5.75 Å². The van der Waals surface area contributed by atoms with Crippen molar-refractivity contribution in [2.45, 2.75) is 13.1 Å². The molecule has 1 aromatic heterocycles. The minimum absolute atomic E-state index is 0. The van der Waals surface area contributed by atoms with E-state index >= 15 is 0 Å². The van der Waals surface area contributed by atoms with Crippen molar-refractivity contribution >= 4 is 16.7 Å². The van der Waals surface area contributed by atoms with Gasteiger partial charge in [-0.1, -0.05) is 30.3 Å². The molecule has 1 aliphatic rings. The summed E-state index contributed by atoms with van der Waals surface area (Å²) < 4.78 is 7.64. The molecule has 0 saturated heterocycles. The number of rotatable bonds is 3. The standard InChI is InChI=1S/C19H19N2O.BrH/c1-22-17-9-6-15(7-10-17)14-20-12-13-21-18-5-3-2-4-16(18)8-11-19(20)21;/h2-11H,12-14H2,1H3;1H/q+1;/p-1. The number of fused-ring (bicyclic) bond motifs is 3. The maximum atomic E-state index is 5.23. The van der Waals surface area contributed by atoms with E-state index < -0.39 is 0 Å². The topological polar surface area (TPSA) is 16.4 Å². The molecule has 0 bridgehead atoms. The smallest absolute Gasteiger partial charge is 0.277 e. The molecular formula is C19H19BrN2O. The number of pyridine rings is 1. The van der Waals surface area contributed by atoms with Crippen molar-refractivity contribution in [1.29, 1.82) is 0 Å². The van der Waals surface area contributed by atoms with Gasteiger partial charge in [0.1, 0.15) is 30.9 Å². The van der Waals surface area contributed by atoms with Gasteiger partial charge < -0.3 is 21.7 Å². The SMILES string of the molecule is COc1ccc(CN2CC[n+]3c2ccc2ccccc23)cc1.[Br-]. The van der Waals surface area contributed by atoms with Crippen molar-refractivity contribution in [3.63, 3.8) is 0 Å². The monoisotopic (exact) mass is 370 g/mol. The summed E-state index contributed by atoms with van der Waals surface area (Å²) in [6.45, 7) is 3.04. The van der Waals surface area contributed by atoms with Crippen molar-refractivity contribution in [2.24, 2.45) is 0 Å². The second kappa shape index (κ2) is 6.59. The van der Waals surface area contributed by atoms with Crippen LogP contribution in [-0.2, 0) is 13.1 Å². The third kappa shape index (κ3) is 2.91. The molecule has 4 rings (SSSR count). The highest BCUT2D eigenvalue weighted by Crippen LogP contribution is 2.22. The number of aromatic nitrogens is 1. The number of benzene rings is 2. The second-order valence-electron chi connectivity index (χ2n) is 5.67. The summed E-state index contributed by atoms with van der Waals surface area (Å²) in [4.78, 5) is 2.44. The summed E-state index contributed by atoms with van der Waals surface area (Å²) in [6.07, 6.45) is 0. The Labute approximate surface area is 146 Å². The largest absolute Gasteiger partial charge is 1.00 e. The molecule has 0 radical (unpaired) electrons. The fourth-order valence-corrected chi connectivity index (χ4v) is 3.21. The molecule has 0 unspecified atom stereocenters. The van der Waals surface area contributed by atoms with Crippen LogP contribution in [0.4, 0.5) is 5.82 Å². The quantitative estimate of drug-likeness (QED) is 0.610. The van der Waals surface area contributed by atoms with Crippen LogP contribution in [-0.4, -0.2) is 13.7 Å². The van der Waals surface area contributed by atoms with Gasteiger partial charge >= 0.3 is 0 Å². The van der Waals surface area contributed by atoms with E-state index in [0.717, 1.165) is 25.4 Å². The van der Waals surface area contributed by atoms with E-state index in [1.807, 2.05) is 12.1 Å². The van der Waals surface area contributed by atoms with Gasteiger partial charge in [0, 0.05) is 11.5 Å². The highest BCUT2D eigenvalue weighted by Gasteiger charge is 2.28. The highest BCUT2D eigenvalue weighted by atomic mass is 79.9. The first-order chi connectivity index (χ1) is 10.8. The normalized spacial score (nSPS) is 12.8. The van der Waals surface area contributed by atoms with Gasteiger partial charge in [0.2, 0.25) is 0 Å². The van der Waals surface area contributed by atoms with Crippen LogP contribution in [0.1, 0.15) is 5.56 Å². The average Bonchev–Trinajstić information content (AvgIpc) is 2.99. The van der Waals surface area contributed by atoms with Gasteiger partial charge in [-0.15, -0.1) is 0 Å².